The normalized spacial score (nSPS) is 31.0. The Morgan fingerprint density at radius 3 is 2.82 bits per heavy atom. The van der Waals surface area contributed by atoms with Gasteiger partial charge in [0.2, 0.25) is 0 Å². The number of benzene rings is 1. The second-order valence-corrected chi connectivity index (χ2v) is 6.54. The average Bonchev–Trinajstić information content (AvgIpc) is 2.69. The van der Waals surface area contributed by atoms with Crippen molar-refractivity contribution in [3.8, 4) is 0 Å². The van der Waals surface area contributed by atoms with Crippen molar-refractivity contribution in [3.05, 3.63) is 29.8 Å². The van der Waals surface area contributed by atoms with Gasteiger partial charge in [-0.3, -0.25) is 0 Å². The van der Waals surface area contributed by atoms with E-state index >= 15 is 0 Å². The van der Waals surface area contributed by atoms with Crippen LogP contribution in [0, 0.1) is 5.92 Å². The molecule has 1 aliphatic heterocycles. The largest absolute Gasteiger partial charge is 0.393 e. The number of rotatable bonds is 4. The lowest BCUT2D eigenvalue weighted by atomic mass is 9.82. The predicted octanol–water partition coefficient (Wildman–Crippen LogP) is 2.06. The van der Waals surface area contributed by atoms with Crippen LogP contribution in [-0.2, 0) is 6.42 Å². The Kier molecular flexibility index (Phi) is 3.41. The number of hydrogen-bond acceptors (Lipinski definition) is 3. The van der Waals surface area contributed by atoms with Crippen LogP contribution in [0.2, 0.25) is 0 Å². The minimum Gasteiger partial charge on any atom is -0.393 e. The molecule has 3 rings (SSSR count). The molecule has 3 heteroatoms. The van der Waals surface area contributed by atoms with Crippen molar-refractivity contribution in [3.63, 3.8) is 0 Å². The van der Waals surface area contributed by atoms with Gasteiger partial charge in [-0.05, 0) is 43.4 Å². The summed E-state index contributed by atoms with van der Waals surface area (Å²) in [5, 5.41) is 13.5. The van der Waals surface area contributed by atoms with E-state index in [9.17, 15) is 5.11 Å². The monoisotopic (exact) mass is 249 g/mol. The minimum absolute atomic E-state index is 0.0214. The summed E-state index contributed by atoms with van der Waals surface area (Å²) >= 11 is 2.00. The van der Waals surface area contributed by atoms with Gasteiger partial charge >= 0.3 is 0 Å². The molecule has 1 atom stereocenters. The number of fused-ring (bicyclic) bond motifs is 1. The standard InChI is InChI=1S/C14H19NOS/c16-12-5-10(6-12)8-15-9-13-7-11-3-1-2-4-14(11)17-13/h1-4,10,12-13,15-16H,5-9H2. The molecule has 17 heavy (non-hydrogen) atoms. The highest BCUT2D eigenvalue weighted by Crippen LogP contribution is 2.36. The average molecular weight is 249 g/mol. The first-order chi connectivity index (χ1) is 8.31. The highest BCUT2D eigenvalue weighted by Gasteiger charge is 2.27. The summed E-state index contributed by atoms with van der Waals surface area (Å²) in [6, 6.07) is 8.72. The van der Waals surface area contributed by atoms with Crippen molar-refractivity contribution in [2.75, 3.05) is 13.1 Å². The summed E-state index contributed by atoms with van der Waals surface area (Å²) in [7, 11) is 0. The van der Waals surface area contributed by atoms with E-state index in [0.717, 1.165) is 25.9 Å². The molecular formula is C14H19NOS. The van der Waals surface area contributed by atoms with Crippen LogP contribution in [0.3, 0.4) is 0 Å². The van der Waals surface area contributed by atoms with Crippen LogP contribution in [0.5, 0.6) is 0 Å². The molecule has 92 valence electrons. The quantitative estimate of drug-likeness (QED) is 0.857. The molecule has 0 spiro atoms. The molecule has 1 saturated carbocycles. The number of aliphatic hydroxyl groups is 1. The van der Waals surface area contributed by atoms with Crippen LogP contribution in [0.1, 0.15) is 18.4 Å². The Morgan fingerprint density at radius 2 is 2.06 bits per heavy atom. The van der Waals surface area contributed by atoms with Crippen LogP contribution < -0.4 is 5.32 Å². The fraction of sp³-hybridized carbons (Fsp3) is 0.571. The Morgan fingerprint density at radius 1 is 1.24 bits per heavy atom. The van der Waals surface area contributed by atoms with E-state index in [0.29, 0.717) is 11.2 Å². The van der Waals surface area contributed by atoms with Gasteiger partial charge < -0.3 is 10.4 Å². The summed E-state index contributed by atoms with van der Waals surface area (Å²) in [6.45, 7) is 2.16. The van der Waals surface area contributed by atoms with Gasteiger partial charge in [0.25, 0.3) is 0 Å². The maximum absolute atomic E-state index is 9.22. The highest BCUT2D eigenvalue weighted by atomic mass is 32.2. The van der Waals surface area contributed by atoms with Gasteiger partial charge in [-0.1, -0.05) is 18.2 Å². The molecule has 0 aromatic heterocycles. The maximum Gasteiger partial charge on any atom is 0.0546 e. The highest BCUT2D eigenvalue weighted by molar-refractivity contribution is 8.00. The minimum atomic E-state index is -0.0214. The summed E-state index contributed by atoms with van der Waals surface area (Å²) in [5.74, 6) is 0.707. The van der Waals surface area contributed by atoms with Crippen molar-refractivity contribution in [1.82, 2.24) is 5.32 Å². The summed E-state index contributed by atoms with van der Waals surface area (Å²) < 4.78 is 0. The van der Waals surface area contributed by atoms with E-state index in [-0.39, 0.29) is 6.10 Å². The fourth-order valence-corrected chi connectivity index (χ4v) is 3.97. The molecule has 1 aromatic carbocycles. The Balaban J connectivity index is 1.40. The zero-order valence-corrected chi connectivity index (χ0v) is 10.7. The molecule has 1 aromatic rings. The Hall–Kier alpha value is -0.510. The molecule has 0 radical (unpaired) electrons. The molecule has 1 heterocycles. The number of thioether (sulfide) groups is 1. The third-order valence-corrected chi connectivity index (χ3v) is 5.05. The number of aliphatic hydroxyl groups excluding tert-OH is 1. The zero-order valence-electron chi connectivity index (χ0n) is 9.93. The van der Waals surface area contributed by atoms with Gasteiger partial charge in [0.15, 0.2) is 0 Å². The van der Waals surface area contributed by atoms with Crippen molar-refractivity contribution >= 4 is 11.8 Å². The number of nitrogens with one attached hydrogen (secondary N) is 1. The molecule has 0 saturated heterocycles. The SMILES string of the molecule is OC1CC(CNCC2Cc3ccccc3S2)C1. The van der Waals surface area contributed by atoms with Crippen molar-refractivity contribution in [2.24, 2.45) is 5.92 Å². The van der Waals surface area contributed by atoms with E-state index in [1.54, 1.807) is 0 Å². The van der Waals surface area contributed by atoms with Crippen LogP contribution in [-0.4, -0.2) is 29.5 Å². The lowest BCUT2D eigenvalue weighted by Crippen LogP contribution is -2.38. The van der Waals surface area contributed by atoms with Crippen LogP contribution >= 0.6 is 11.8 Å². The first kappa shape index (κ1) is 11.6. The molecule has 2 nitrogen and oxygen atoms in total. The Bertz CT molecular complexity index is 365. The van der Waals surface area contributed by atoms with Crippen LogP contribution in [0.15, 0.2) is 29.2 Å². The van der Waals surface area contributed by atoms with E-state index in [1.165, 1.54) is 16.9 Å². The van der Waals surface area contributed by atoms with Gasteiger partial charge in [-0.2, -0.15) is 0 Å². The second kappa shape index (κ2) is 5.01. The smallest absolute Gasteiger partial charge is 0.0546 e. The van der Waals surface area contributed by atoms with Gasteiger partial charge in [-0.25, -0.2) is 0 Å². The predicted molar refractivity (Wildman–Crippen MR) is 71.4 cm³/mol. The van der Waals surface area contributed by atoms with E-state index < -0.39 is 0 Å². The van der Waals surface area contributed by atoms with Gasteiger partial charge in [0.05, 0.1) is 6.10 Å². The first-order valence-electron chi connectivity index (χ1n) is 6.44. The zero-order chi connectivity index (χ0) is 11.7. The second-order valence-electron chi connectivity index (χ2n) is 5.20. The third kappa shape index (κ3) is 2.67. The Labute approximate surface area is 107 Å². The molecule has 2 N–H and O–H groups in total. The van der Waals surface area contributed by atoms with Gasteiger partial charge in [0.1, 0.15) is 0 Å². The topological polar surface area (TPSA) is 32.3 Å². The third-order valence-electron chi connectivity index (χ3n) is 3.73. The van der Waals surface area contributed by atoms with Crippen molar-refractivity contribution in [2.45, 2.75) is 35.5 Å². The van der Waals surface area contributed by atoms with Crippen molar-refractivity contribution in [1.29, 1.82) is 0 Å². The van der Waals surface area contributed by atoms with Crippen LogP contribution in [0.4, 0.5) is 0 Å². The number of hydrogen-bond donors (Lipinski definition) is 2. The molecule has 1 fully saturated rings. The van der Waals surface area contributed by atoms with Gasteiger partial charge in [-0.15, -0.1) is 11.8 Å². The first-order valence-corrected chi connectivity index (χ1v) is 7.32. The van der Waals surface area contributed by atoms with Crippen molar-refractivity contribution < 1.29 is 5.11 Å². The lowest BCUT2D eigenvalue weighted by molar-refractivity contribution is 0.0432. The summed E-state index contributed by atoms with van der Waals surface area (Å²) in [4.78, 5) is 1.46. The molecule has 2 aliphatic rings. The molecular weight excluding hydrogens is 230 g/mol. The molecule has 1 aliphatic carbocycles. The van der Waals surface area contributed by atoms with E-state index in [1.807, 2.05) is 11.8 Å². The molecule has 0 bridgehead atoms. The van der Waals surface area contributed by atoms with Gasteiger partial charge in [0, 0.05) is 16.7 Å². The molecule has 1 unspecified atom stereocenters. The van der Waals surface area contributed by atoms with E-state index in [4.69, 9.17) is 0 Å². The van der Waals surface area contributed by atoms with Crippen LogP contribution in [0.25, 0.3) is 0 Å². The maximum atomic E-state index is 9.22. The lowest BCUT2D eigenvalue weighted by Gasteiger charge is -2.31. The summed E-state index contributed by atoms with van der Waals surface area (Å²) in [6.07, 6.45) is 3.16. The summed E-state index contributed by atoms with van der Waals surface area (Å²) in [5.41, 5.74) is 1.50. The fourth-order valence-electron chi connectivity index (χ4n) is 2.68. The molecule has 0 amide bonds. The van der Waals surface area contributed by atoms with E-state index in [2.05, 4.69) is 29.6 Å².